The van der Waals surface area contributed by atoms with Gasteiger partial charge < -0.3 is 9.88 Å². The van der Waals surface area contributed by atoms with E-state index in [-0.39, 0.29) is 6.04 Å². The van der Waals surface area contributed by atoms with E-state index in [4.69, 9.17) is 0 Å². The summed E-state index contributed by atoms with van der Waals surface area (Å²) in [6.07, 6.45) is 0.500. The summed E-state index contributed by atoms with van der Waals surface area (Å²) in [5, 5.41) is 5.40. The van der Waals surface area contributed by atoms with Crippen molar-refractivity contribution >= 4 is 23.4 Å². The molecule has 0 amide bonds. The summed E-state index contributed by atoms with van der Waals surface area (Å²) < 4.78 is 14.6. The minimum atomic E-state index is -2.85. The van der Waals surface area contributed by atoms with Crippen LogP contribution < -0.4 is 15.9 Å². The Labute approximate surface area is 172 Å². The number of nitrogens with one attached hydrogen (secondary N) is 1. The lowest BCUT2D eigenvalue weighted by Crippen LogP contribution is -2.25. The van der Waals surface area contributed by atoms with Crippen molar-refractivity contribution in [2.45, 2.75) is 6.04 Å². The van der Waals surface area contributed by atoms with Gasteiger partial charge in [0.1, 0.15) is 7.14 Å². The van der Waals surface area contributed by atoms with Crippen LogP contribution in [0.2, 0.25) is 0 Å². The maximum absolute atomic E-state index is 14.6. The Hall–Kier alpha value is -3.09. The van der Waals surface area contributed by atoms with Gasteiger partial charge in [-0.25, -0.2) is 0 Å². The van der Waals surface area contributed by atoms with Gasteiger partial charge in [0, 0.05) is 22.5 Å². The molecule has 0 bridgehead atoms. The number of anilines is 1. The van der Waals surface area contributed by atoms with Crippen LogP contribution in [0.3, 0.4) is 0 Å². The highest BCUT2D eigenvalue weighted by Crippen LogP contribution is 2.47. The van der Waals surface area contributed by atoms with Crippen LogP contribution in [-0.4, -0.2) is 6.16 Å². The average Bonchev–Trinajstić information content (AvgIpc) is 2.81. The predicted molar refractivity (Wildman–Crippen MR) is 124 cm³/mol. The van der Waals surface area contributed by atoms with E-state index in [9.17, 15) is 4.57 Å². The minimum Gasteiger partial charge on any atom is -0.378 e. The van der Waals surface area contributed by atoms with Crippen LogP contribution in [0.4, 0.5) is 5.69 Å². The molecule has 3 heteroatoms. The second-order valence-corrected chi connectivity index (χ2v) is 9.94. The fourth-order valence-electron chi connectivity index (χ4n) is 3.61. The van der Waals surface area contributed by atoms with Gasteiger partial charge in [-0.2, -0.15) is 0 Å². The van der Waals surface area contributed by atoms with Gasteiger partial charge in [0.25, 0.3) is 0 Å². The maximum Gasteiger partial charge on any atom is 0.145 e. The summed E-state index contributed by atoms with van der Waals surface area (Å²) in [7, 11) is -2.85. The SMILES string of the molecule is O=P(CC(Nc1ccccc1)c1ccccc1)(c1ccccc1)c1ccccc1. The first-order chi connectivity index (χ1) is 14.3. The molecule has 4 aromatic carbocycles. The second-order valence-electron chi connectivity index (χ2n) is 7.07. The molecule has 0 aromatic heterocycles. The third-order valence-corrected chi connectivity index (χ3v) is 8.25. The molecule has 0 heterocycles. The standard InChI is InChI=1S/C26H24NOP/c28-29(24-17-9-3-10-18-24,25-19-11-4-12-20-25)21-26(22-13-5-1-6-14-22)27-23-15-7-2-8-16-23/h1-20,26-27H,21H2. The summed E-state index contributed by atoms with van der Waals surface area (Å²) in [6.45, 7) is 0. The molecule has 0 aliphatic carbocycles. The highest BCUT2D eigenvalue weighted by molar-refractivity contribution is 7.78. The van der Waals surface area contributed by atoms with Crippen molar-refractivity contribution in [3.8, 4) is 0 Å². The third kappa shape index (κ3) is 4.50. The average molecular weight is 397 g/mol. The van der Waals surface area contributed by atoms with Crippen LogP contribution in [0.1, 0.15) is 11.6 Å². The molecule has 2 nitrogen and oxygen atoms in total. The van der Waals surface area contributed by atoms with Gasteiger partial charge in [-0.15, -0.1) is 0 Å². The van der Waals surface area contributed by atoms with E-state index in [1.54, 1.807) is 0 Å². The van der Waals surface area contributed by atoms with Gasteiger partial charge in [-0.3, -0.25) is 0 Å². The van der Waals surface area contributed by atoms with Crippen molar-refractivity contribution in [2.75, 3.05) is 11.5 Å². The molecule has 0 saturated heterocycles. The van der Waals surface area contributed by atoms with Crippen molar-refractivity contribution in [1.82, 2.24) is 0 Å². The zero-order valence-electron chi connectivity index (χ0n) is 16.2. The van der Waals surface area contributed by atoms with Gasteiger partial charge >= 0.3 is 0 Å². The molecule has 0 aliphatic heterocycles. The number of para-hydroxylation sites is 1. The molecule has 4 aromatic rings. The molecule has 1 N–H and O–H groups in total. The largest absolute Gasteiger partial charge is 0.378 e. The van der Waals surface area contributed by atoms with Gasteiger partial charge in [-0.1, -0.05) is 109 Å². The quantitative estimate of drug-likeness (QED) is 0.396. The minimum absolute atomic E-state index is 0.0788. The van der Waals surface area contributed by atoms with E-state index in [1.807, 2.05) is 109 Å². The molecule has 1 unspecified atom stereocenters. The van der Waals surface area contributed by atoms with Crippen molar-refractivity contribution in [1.29, 1.82) is 0 Å². The predicted octanol–water partition coefficient (Wildman–Crippen LogP) is 5.85. The van der Waals surface area contributed by atoms with Crippen LogP contribution in [0, 0.1) is 0 Å². The molecule has 0 radical (unpaired) electrons. The second kappa shape index (κ2) is 8.94. The monoisotopic (exact) mass is 397 g/mol. The van der Waals surface area contributed by atoms with Crippen molar-refractivity contribution in [3.05, 3.63) is 127 Å². The van der Waals surface area contributed by atoms with Gasteiger partial charge in [0.2, 0.25) is 0 Å². The highest BCUT2D eigenvalue weighted by Gasteiger charge is 2.31. The third-order valence-electron chi connectivity index (χ3n) is 5.10. The van der Waals surface area contributed by atoms with Crippen molar-refractivity contribution in [3.63, 3.8) is 0 Å². The normalized spacial score (nSPS) is 12.3. The first kappa shape index (κ1) is 19.2. The van der Waals surface area contributed by atoms with Gasteiger partial charge in [0.05, 0.1) is 6.04 Å². The summed E-state index contributed by atoms with van der Waals surface area (Å²) in [4.78, 5) is 0. The smallest absolute Gasteiger partial charge is 0.145 e. The van der Waals surface area contributed by atoms with E-state index >= 15 is 0 Å². The van der Waals surface area contributed by atoms with E-state index in [0.29, 0.717) is 6.16 Å². The Bertz CT molecular complexity index is 1020. The Morgan fingerprint density at radius 2 is 1.00 bits per heavy atom. The Balaban J connectivity index is 1.77. The van der Waals surface area contributed by atoms with Gasteiger partial charge in [0.15, 0.2) is 0 Å². The molecule has 1 atom stereocenters. The topological polar surface area (TPSA) is 29.1 Å². The molecule has 0 aliphatic rings. The van der Waals surface area contributed by atoms with Crippen LogP contribution in [0.15, 0.2) is 121 Å². The van der Waals surface area contributed by atoms with Crippen LogP contribution in [0.5, 0.6) is 0 Å². The highest BCUT2D eigenvalue weighted by atomic mass is 31.2. The summed E-state index contributed by atoms with van der Waals surface area (Å²) >= 11 is 0. The molecule has 0 saturated carbocycles. The molecule has 144 valence electrons. The Kier molecular flexibility index (Phi) is 5.93. The van der Waals surface area contributed by atoms with E-state index in [1.165, 1.54) is 0 Å². The molecule has 4 rings (SSSR count). The fourth-order valence-corrected chi connectivity index (χ4v) is 6.45. The lowest BCUT2D eigenvalue weighted by molar-refractivity contribution is 0.584. The summed E-state index contributed by atoms with van der Waals surface area (Å²) in [5.74, 6) is 0. The van der Waals surface area contributed by atoms with E-state index in [0.717, 1.165) is 21.9 Å². The Morgan fingerprint density at radius 1 is 0.586 bits per heavy atom. The van der Waals surface area contributed by atoms with Crippen LogP contribution >= 0.6 is 7.14 Å². The first-order valence-corrected chi connectivity index (χ1v) is 11.7. The van der Waals surface area contributed by atoms with Gasteiger partial charge in [-0.05, 0) is 17.7 Å². The number of rotatable bonds is 7. The summed E-state index contributed by atoms with van der Waals surface area (Å²) in [5.41, 5.74) is 2.15. The lowest BCUT2D eigenvalue weighted by Gasteiger charge is -2.27. The molecule has 29 heavy (non-hydrogen) atoms. The van der Waals surface area contributed by atoms with Crippen molar-refractivity contribution in [2.24, 2.45) is 0 Å². The molecular formula is C26H24NOP. The zero-order chi connectivity index (χ0) is 19.9. The van der Waals surface area contributed by atoms with Crippen molar-refractivity contribution < 1.29 is 4.57 Å². The number of hydrogen-bond acceptors (Lipinski definition) is 2. The first-order valence-electron chi connectivity index (χ1n) is 9.82. The molecule has 0 fully saturated rings. The van der Waals surface area contributed by atoms with Crippen LogP contribution in [0.25, 0.3) is 0 Å². The lowest BCUT2D eigenvalue weighted by atomic mass is 10.1. The summed E-state index contributed by atoms with van der Waals surface area (Å²) in [6, 6.07) is 40.1. The number of hydrogen-bond donors (Lipinski definition) is 1. The molecule has 0 spiro atoms. The van der Waals surface area contributed by atoms with E-state index < -0.39 is 7.14 Å². The van der Waals surface area contributed by atoms with Crippen LogP contribution in [-0.2, 0) is 4.57 Å². The number of benzene rings is 4. The Morgan fingerprint density at radius 3 is 1.48 bits per heavy atom. The maximum atomic E-state index is 14.6. The zero-order valence-corrected chi connectivity index (χ0v) is 17.1. The fraction of sp³-hybridized carbons (Fsp3) is 0.0769. The molecular weight excluding hydrogens is 373 g/mol. The van der Waals surface area contributed by atoms with E-state index in [2.05, 4.69) is 17.4 Å².